The molecule has 0 spiro atoms. The second-order valence-corrected chi connectivity index (χ2v) is 6.63. The van der Waals surface area contributed by atoms with Gasteiger partial charge in [-0.15, -0.1) is 0 Å². The third kappa shape index (κ3) is 1.20. The summed E-state index contributed by atoms with van der Waals surface area (Å²) in [6.45, 7) is 6.80. The second-order valence-electron chi connectivity index (χ2n) is 2.82. The molecule has 0 N–H and O–H groups in total. The summed E-state index contributed by atoms with van der Waals surface area (Å²) in [5, 5.41) is 0. The molecule has 0 aromatic heterocycles. The summed E-state index contributed by atoms with van der Waals surface area (Å²) in [6.07, 6.45) is 2.22. The Kier molecular flexibility index (Phi) is 1.28. The van der Waals surface area contributed by atoms with Crippen molar-refractivity contribution in [1.82, 2.24) is 0 Å². The fraction of sp³-hybridized carbons (Fsp3) is 0.429. The van der Waals surface area contributed by atoms with Crippen LogP contribution in [0.3, 0.4) is 0 Å². The first-order valence-electron chi connectivity index (χ1n) is 2.82. The van der Waals surface area contributed by atoms with E-state index in [1.165, 1.54) is 5.57 Å². The van der Waals surface area contributed by atoms with Gasteiger partial charge in [0, 0.05) is 0 Å². The normalized spacial score (nSPS) is 23.6. The van der Waals surface area contributed by atoms with Crippen molar-refractivity contribution in [1.29, 1.82) is 0 Å². The average molecular weight is 127 g/mol. The summed E-state index contributed by atoms with van der Waals surface area (Å²) >= 11 is 0. The molecule has 0 saturated carbocycles. The molecule has 0 bridgehead atoms. The van der Waals surface area contributed by atoms with E-state index in [-0.39, 0.29) is 0 Å². The van der Waals surface area contributed by atoms with Crippen molar-refractivity contribution in [3.05, 3.63) is 23.3 Å². The zero-order valence-electron chi connectivity index (χ0n) is 5.68. The Labute approximate surface area is 51.6 Å². The van der Waals surface area contributed by atoms with Gasteiger partial charge in [-0.2, -0.15) is 0 Å². The molecule has 44 valence electrons. The smallest absolute Gasteiger partial charge is 0.0364 e. The lowest BCUT2D eigenvalue weighted by molar-refractivity contribution is 1.58. The highest BCUT2D eigenvalue weighted by molar-refractivity contribution is 7.80. The van der Waals surface area contributed by atoms with E-state index < -0.39 is 7.26 Å². The standard InChI is InChI=1S/C7H12P/c1-7-4-5-8(2,3)6-7/h4-6H,1-3H3/q+1. The van der Waals surface area contributed by atoms with Crippen molar-refractivity contribution < 1.29 is 0 Å². The Balaban J connectivity index is 2.84. The summed E-state index contributed by atoms with van der Waals surface area (Å²) < 4.78 is 0. The fourth-order valence-corrected chi connectivity index (χ4v) is 2.76. The molecular formula is C7H12P+. The molecule has 1 heteroatoms. The minimum absolute atomic E-state index is 0.692. The number of hydrogen-bond acceptors (Lipinski definition) is 0. The molecule has 1 heterocycles. The van der Waals surface area contributed by atoms with Gasteiger partial charge in [0.05, 0.1) is 32.2 Å². The van der Waals surface area contributed by atoms with Gasteiger partial charge in [-0.3, -0.25) is 0 Å². The van der Waals surface area contributed by atoms with Crippen molar-refractivity contribution in [3.63, 3.8) is 0 Å². The summed E-state index contributed by atoms with van der Waals surface area (Å²) in [7, 11) is -0.692. The van der Waals surface area contributed by atoms with Gasteiger partial charge in [0.15, 0.2) is 0 Å². The zero-order chi connectivity index (χ0) is 6.20. The molecule has 0 unspecified atom stereocenters. The van der Waals surface area contributed by atoms with Crippen molar-refractivity contribution in [3.8, 4) is 0 Å². The first-order valence-corrected chi connectivity index (χ1v) is 5.64. The Hall–Kier alpha value is -0.0900. The summed E-state index contributed by atoms with van der Waals surface area (Å²) in [5.41, 5.74) is 1.43. The van der Waals surface area contributed by atoms with E-state index in [0.717, 1.165) is 0 Å². The summed E-state index contributed by atoms with van der Waals surface area (Å²) in [4.78, 5) is 0. The predicted octanol–water partition coefficient (Wildman–Crippen LogP) is 2.69. The van der Waals surface area contributed by atoms with E-state index in [1.807, 2.05) is 0 Å². The maximum atomic E-state index is 2.38. The molecule has 1 aliphatic heterocycles. The first kappa shape index (κ1) is 6.04. The van der Waals surface area contributed by atoms with Crippen LogP contribution < -0.4 is 0 Å². The number of allylic oxidation sites excluding steroid dienone is 2. The summed E-state index contributed by atoms with van der Waals surface area (Å²) in [6, 6.07) is 0. The van der Waals surface area contributed by atoms with Crippen LogP contribution in [-0.2, 0) is 0 Å². The Morgan fingerprint density at radius 1 is 1.38 bits per heavy atom. The van der Waals surface area contributed by atoms with E-state index in [2.05, 4.69) is 38.0 Å². The highest BCUT2D eigenvalue weighted by Gasteiger charge is 2.21. The number of rotatable bonds is 0. The van der Waals surface area contributed by atoms with Gasteiger partial charge in [0.1, 0.15) is 0 Å². The molecule has 0 aliphatic carbocycles. The van der Waals surface area contributed by atoms with Crippen LogP contribution in [0.15, 0.2) is 23.3 Å². The Morgan fingerprint density at radius 3 is 2.12 bits per heavy atom. The fourth-order valence-electron chi connectivity index (χ4n) is 0.921. The van der Waals surface area contributed by atoms with Crippen molar-refractivity contribution in [2.45, 2.75) is 6.92 Å². The molecule has 0 aromatic carbocycles. The van der Waals surface area contributed by atoms with Gasteiger partial charge >= 0.3 is 0 Å². The molecule has 8 heavy (non-hydrogen) atoms. The quantitative estimate of drug-likeness (QED) is 0.439. The van der Waals surface area contributed by atoms with E-state index >= 15 is 0 Å². The number of hydrogen-bond donors (Lipinski definition) is 0. The highest BCUT2D eigenvalue weighted by atomic mass is 31.2. The topological polar surface area (TPSA) is 0 Å². The molecule has 0 saturated heterocycles. The van der Waals surface area contributed by atoms with Gasteiger partial charge in [-0.25, -0.2) is 0 Å². The van der Waals surface area contributed by atoms with Crippen molar-refractivity contribution >= 4 is 7.26 Å². The monoisotopic (exact) mass is 127 g/mol. The third-order valence-electron chi connectivity index (χ3n) is 1.26. The molecule has 1 aliphatic rings. The molecule has 0 radical (unpaired) electrons. The second kappa shape index (κ2) is 1.70. The Morgan fingerprint density at radius 2 is 2.00 bits per heavy atom. The maximum absolute atomic E-state index is 2.38. The SMILES string of the molecule is CC1=C[P+](C)(C)C=C1. The molecule has 0 atom stereocenters. The van der Waals surface area contributed by atoms with Crippen LogP contribution in [0.1, 0.15) is 6.92 Å². The van der Waals surface area contributed by atoms with Crippen LogP contribution >= 0.6 is 7.26 Å². The lowest BCUT2D eigenvalue weighted by Crippen LogP contribution is -1.70. The van der Waals surface area contributed by atoms with Gasteiger partial charge < -0.3 is 0 Å². The minimum Gasteiger partial charge on any atom is -0.0364 e. The van der Waals surface area contributed by atoms with Gasteiger partial charge in [-0.05, 0) is 18.6 Å². The van der Waals surface area contributed by atoms with Crippen LogP contribution in [0, 0.1) is 0 Å². The molecular weight excluding hydrogens is 115 g/mol. The third-order valence-corrected chi connectivity index (χ3v) is 3.25. The van der Waals surface area contributed by atoms with Crippen LogP contribution in [0.2, 0.25) is 0 Å². The van der Waals surface area contributed by atoms with E-state index in [1.54, 1.807) is 0 Å². The largest absolute Gasteiger partial charge is 0.0658 e. The predicted molar refractivity (Wildman–Crippen MR) is 41.7 cm³/mol. The lowest BCUT2D eigenvalue weighted by Gasteiger charge is -1.99. The highest BCUT2D eigenvalue weighted by Crippen LogP contribution is 2.58. The van der Waals surface area contributed by atoms with Crippen molar-refractivity contribution in [2.75, 3.05) is 13.3 Å². The lowest BCUT2D eigenvalue weighted by atomic mass is 10.4. The van der Waals surface area contributed by atoms with Gasteiger partial charge in [-0.1, -0.05) is 0 Å². The van der Waals surface area contributed by atoms with Crippen LogP contribution in [0.4, 0.5) is 0 Å². The van der Waals surface area contributed by atoms with Crippen LogP contribution in [0.25, 0.3) is 0 Å². The maximum Gasteiger partial charge on any atom is 0.0658 e. The summed E-state index contributed by atoms with van der Waals surface area (Å²) in [5.74, 6) is 4.72. The van der Waals surface area contributed by atoms with Crippen LogP contribution in [-0.4, -0.2) is 13.3 Å². The van der Waals surface area contributed by atoms with Gasteiger partial charge in [0.25, 0.3) is 0 Å². The average Bonchev–Trinajstić information content (AvgIpc) is 1.82. The van der Waals surface area contributed by atoms with E-state index in [9.17, 15) is 0 Å². The molecule has 0 amide bonds. The molecule has 0 aromatic rings. The van der Waals surface area contributed by atoms with Gasteiger partial charge in [0.2, 0.25) is 0 Å². The van der Waals surface area contributed by atoms with Crippen LogP contribution in [0.5, 0.6) is 0 Å². The first-order chi connectivity index (χ1) is 3.60. The minimum atomic E-state index is -0.692. The van der Waals surface area contributed by atoms with Crippen molar-refractivity contribution in [2.24, 2.45) is 0 Å². The zero-order valence-corrected chi connectivity index (χ0v) is 6.57. The molecule has 0 fully saturated rings. The van der Waals surface area contributed by atoms with E-state index in [4.69, 9.17) is 0 Å². The molecule has 1 rings (SSSR count). The Bertz CT molecular complexity index is 152. The molecule has 0 nitrogen and oxygen atoms in total. The van der Waals surface area contributed by atoms with E-state index in [0.29, 0.717) is 0 Å².